The monoisotopic (exact) mass is 854 g/mol. The molecule has 1 fully saturated rings. The van der Waals surface area contributed by atoms with E-state index in [1.54, 1.807) is 36.5 Å². The molecule has 6 amide bonds. The fourth-order valence-corrected chi connectivity index (χ4v) is 7.12. The number of para-hydroxylation sites is 1. The van der Waals surface area contributed by atoms with Crippen LogP contribution < -0.4 is 30.2 Å². The summed E-state index contributed by atoms with van der Waals surface area (Å²) in [6, 6.07) is 17.5. The number of carbonyl (C=O) groups is 7. The van der Waals surface area contributed by atoms with Crippen LogP contribution in [0.25, 0.3) is 17.5 Å². The van der Waals surface area contributed by atoms with Crippen molar-refractivity contribution in [3.63, 3.8) is 0 Å². The summed E-state index contributed by atoms with van der Waals surface area (Å²) >= 11 is 0. The van der Waals surface area contributed by atoms with Crippen LogP contribution in [0.3, 0.4) is 0 Å². The van der Waals surface area contributed by atoms with Crippen LogP contribution in [-0.2, 0) is 38.8 Å². The molecule has 3 N–H and O–H groups in total. The maximum atomic E-state index is 13.6. The number of allylic oxidation sites excluding steroid dienone is 1. The molecule has 0 bridgehead atoms. The molecular formula is C45H42N8O10. The molecule has 0 spiro atoms. The smallest absolute Gasteiger partial charge is 0.264 e. The van der Waals surface area contributed by atoms with Gasteiger partial charge in [-0.05, 0) is 73.9 Å². The van der Waals surface area contributed by atoms with Crippen molar-refractivity contribution in [2.75, 3.05) is 25.6 Å². The van der Waals surface area contributed by atoms with Gasteiger partial charge in [-0.3, -0.25) is 48.8 Å². The first-order valence-electron chi connectivity index (χ1n) is 20.0. The molecular weight excluding hydrogens is 813 g/mol. The normalized spacial score (nSPS) is 14.7. The topological polar surface area (TPSA) is 230 Å². The minimum atomic E-state index is -1.14. The molecule has 18 nitrogen and oxygen atoms in total. The number of amides is 6. The van der Waals surface area contributed by atoms with Gasteiger partial charge >= 0.3 is 0 Å². The Morgan fingerprint density at radius 3 is 2.51 bits per heavy atom. The Morgan fingerprint density at radius 2 is 1.76 bits per heavy atom. The molecule has 2 aliphatic heterocycles. The van der Waals surface area contributed by atoms with E-state index in [0.29, 0.717) is 64.9 Å². The molecule has 2 aliphatic rings. The Balaban J connectivity index is 0.964. The number of carbonyl (C=O) groups excluding carboxylic acids is 7. The number of anilines is 1. The molecule has 3 aromatic carbocycles. The summed E-state index contributed by atoms with van der Waals surface area (Å²) in [7, 11) is 1.52. The number of imide groups is 2. The van der Waals surface area contributed by atoms with Crippen LogP contribution in [-0.4, -0.2) is 92.4 Å². The molecule has 1 unspecified atom stereocenters. The van der Waals surface area contributed by atoms with E-state index in [9.17, 15) is 33.6 Å². The molecule has 5 aromatic rings. The van der Waals surface area contributed by atoms with Gasteiger partial charge in [0, 0.05) is 42.8 Å². The van der Waals surface area contributed by atoms with Crippen LogP contribution >= 0.6 is 0 Å². The van der Waals surface area contributed by atoms with E-state index in [4.69, 9.17) is 14.2 Å². The molecule has 322 valence electrons. The molecule has 2 aromatic heterocycles. The maximum absolute atomic E-state index is 13.6. The standard InChI is InChI=1S/C45H42N8O10/c1-4-62-39-21-31(29(20-38(39)61-3)18-19-46-26(2)54)36(55)16-13-28-8-5-6-11-37(28)63-25-27-12-14-32(47-22-27)34-23-52(51-50-34)24-41(57)48-33-10-7-9-30-42(33)45(60)53(44(30)59)35-15-17-40(56)49-43(35)58/h5-14,16,20-23,35H,4,15,17-19,24-25H2,1-3H3,(H,46,54)(H,48,57)(H,49,56,58)/b16-13+. The number of rotatable bonds is 17. The number of methoxy groups -OCH3 is 1. The molecule has 1 saturated heterocycles. The zero-order valence-electron chi connectivity index (χ0n) is 34.5. The van der Waals surface area contributed by atoms with Gasteiger partial charge in [0.25, 0.3) is 11.8 Å². The number of fused-ring (bicyclic) bond motifs is 1. The highest BCUT2D eigenvalue weighted by Crippen LogP contribution is 2.34. The predicted molar refractivity (Wildman–Crippen MR) is 226 cm³/mol. The Bertz CT molecular complexity index is 2660. The van der Waals surface area contributed by atoms with Gasteiger partial charge in [-0.25, -0.2) is 4.68 Å². The highest BCUT2D eigenvalue weighted by atomic mass is 16.5. The van der Waals surface area contributed by atoms with Crippen molar-refractivity contribution in [1.82, 2.24) is 35.5 Å². The second kappa shape index (κ2) is 19.1. The number of nitrogens with zero attached hydrogens (tertiary/aromatic N) is 5. The lowest BCUT2D eigenvalue weighted by atomic mass is 9.98. The van der Waals surface area contributed by atoms with E-state index in [2.05, 4.69) is 31.2 Å². The summed E-state index contributed by atoms with van der Waals surface area (Å²) in [5.41, 5.74) is 3.47. The third-order valence-corrected chi connectivity index (χ3v) is 10.1. The second-order valence-electron chi connectivity index (χ2n) is 14.4. The third-order valence-electron chi connectivity index (χ3n) is 10.1. The Morgan fingerprint density at radius 1 is 0.937 bits per heavy atom. The summed E-state index contributed by atoms with van der Waals surface area (Å²) in [4.78, 5) is 94.2. The van der Waals surface area contributed by atoms with E-state index in [1.165, 1.54) is 49.2 Å². The zero-order chi connectivity index (χ0) is 44.6. The van der Waals surface area contributed by atoms with Crippen molar-refractivity contribution in [1.29, 1.82) is 0 Å². The summed E-state index contributed by atoms with van der Waals surface area (Å²) in [5.74, 6) is -2.19. The molecule has 7 rings (SSSR count). The van der Waals surface area contributed by atoms with Crippen LogP contribution in [0.1, 0.15) is 74.5 Å². The fraction of sp³-hybridized carbons (Fsp3) is 0.244. The minimum absolute atomic E-state index is 0.00485. The third kappa shape index (κ3) is 9.80. The second-order valence-corrected chi connectivity index (χ2v) is 14.4. The molecule has 0 saturated carbocycles. The molecule has 1 atom stereocenters. The lowest BCUT2D eigenvalue weighted by Crippen LogP contribution is -2.54. The number of nitrogens with one attached hydrogen (secondary N) is 3. The average Bonchev–Trinajstić information content (AvgIpc) is 3.84. The SMILES string of the molecule is CCOc1cc(C(=O)/C=C/c2ccccc2OCc2ccc(-c3cn(CC(=O)Nc4cccc5c4C(=O)N(C4CCC(=O)NC4=O)C5=O)nn3)nc2)c(CCNC(C)=O)cc1OC. The summed E-state index contributed by atoms with van der Waals surface area (Å²) in [6.45, 7) is 3.86. The number of ether oxygens (including phenoxy) is 3. The van der Waals surface area contributed by atoms with E-state index in [-0.39, 0.29) is 54.5 Å². The first-order valence-corrected chi connectivity index (χ1v) is 20.0. The number of aromatic nitrogens is 4. The first kappa shape index (κ1) is 43.1. The number of ketones is 1. The van der Waals surface area contributed by atoms with Crippen molar-refractivity contribution in [2.45, 2.75) is 52.3 Å². The van der Waals surface area contributed by atoms with Crippen LogP contribution in [0.2, 0.25) is 0 Å². The Labute approximate surface area is 360 Å². The van der Waals surface area contributed by atoms with Gasteiger partial charge in [0.1, 0.15) is 30.6 Å². The van der Waals surface area contributed by atoms with E-state index < -0.39 is 35.6 Å². The number of pyridine rings is 1. The molecule has 0 aliphatic carbocycles. The molecule has 4 heterocycles. The van der Waals surface area contributed by atoms with Crippen molar-refractivity contribution in [3.05, 3.63) is 119 Å². The van der Waals surface area contributed by atoms with Crippen molar-refractivity contribution >= 4 is 53.0 Å². The van der Waals surface area contributed by atoms with E-state index in [0.717, 1.165) is 10.5 Å². The van der Waals surface area contributed by atoms with Gasteiger partial charge < -0.3 is 24.8 Å². The summed E-state index contributed by atoms with van der Waals surface area (Å²) in [5, 5.41) is 15.8. The van der Waals surface area contributed by atoms with Crippen molar-refractivity contribution in [2.24, 2.45) is 0 Å². The largest absolute Gasteiger partial charge is 0.493 e. The van der Waals surface area contributed by atoms with Crippen molar-refractivity contribution < 1.29 is 47.8 Å². The van der Waals surface area contributed by atoms with Gasteiger partial charge in [0.2, 0.25) is 23.6 Å². The fourth-order valence-electron chi connectivity index (χ4n) is 7.12. The van der Waals surface area contributed by atoms with Crippen LogP contribution in [0.15, 0.2) is 85.2 Å². The van der Waals surface area contributed by atoms with E-state index in [1.807, 2.05) is 31.2 Å². The number of benzene rings is 3. The van der Waals surface area contributed by atoms with Crippen LogP contribution in [0.4, 0.5) is 5.69 Å². The van der Waals surface area contributed by atoms with Gasteiger partial charge in [-0.1, -0.05) is 35.5 Å². The first-order chi connectivity index (χ1) is 30.4. The van der Waals surface area contributed by atoms with Crippen molar-refractivity contribution in [3.8, 4) is 28.6 Å². The van der Waals surface area contributed by atoms with Crippen LogP contribution in [0, 0.1) is 0 Å². The quantitative estimate of drug-likeness (QED) is 0.0685. The summed E-state index contributed by atoms with van der Waals surface area (Å²) < 4.78 is 18.7. The average molecular weight is 855 g/mol. The lowest BCUT2D eigenvalue weighted by Gasteiger charge is -2.27. The van der Waals surface area contributed by atoms with Gasteiger partial charge in [-0.15, -0.1) is 5.10 Å². The van der Waals surface area contributed by atoms with Gasteiger partial charge in [-0.2, -0.15) is 0 Å². The molecule has 63 heavy (non-hydrogen) atoms. The highest BCUT2D eigenvalue weighted by Gasteiger charge is 2.45. The van der Waals surface area contributed by atoms with E-state index >= 15 is 0 Å². The Hall–Kier alpha value is -8.02. The Kier molecular flexibility index (Phi) is 13.1. The minimum Gasteiger partial charge on any atom is -0.493 e. The zero-order valence-corrected chi connectivity index (χ0v) is 34.5. The van der Waals surface area contributed by atoms with Gasteiger partial charge in [0.15, 0.2) is 17.3 Å². The maximum Gasteiger partial charge on any atom is 0.264 e. The highest BCUT2D eigenvalue weighted by molar-refractivity contribution is 6.26. The number of piperidine rings is 1. The number of hydrogen-bond acceptors (Lipinski definition) is 13. The predicted octanol–water partition coefficient (Wildman–Crippen LogP) is 3.94. The molecule has 0 radical (unpaired) electrons. The lowest BCUT2D eigenvalue weighted by molar-refractivity contribution is -0.136. The van der Waals surface area contributed by atoms with Crippen LogP contribution in [0.5, 0.6) is 17.2 Å². The molecule has 18 heteroatoms. The van der Waals surface area contributed by atoms with Gasteiger partial charge in [0.05, 0.1) is 42.4 Å². The number of hydrogen-bond donors (Lipinski definition) is 3. The summed E-state index contributed by atoms with van der Waals surface area (Å²) in [6.07, 6.45) is 6.69.